The molecule has 9 heteroatoms. The number of amides is 1. The number of hydrogen-bond donors (Lipinski definition) is 0. The Labute approximate surface area is 139 Å². The minimum atomic E-state index is -3.21. The maximum absolute atomic E-state index is 12.4. The minimum Gasteiger partial charge on any atom is -0.408 e. The second kappa shape index (κ2) is 6.06. The van der Waals surface area contributed by atoms with Crippen molar-refractivity contribution >= 4 is 27.0 Å². The van der Waals surface area contributed by atoms with E-state index >= 15 is 0 Å². The molecule has 2 heterocycles. The van der Waals surface area contributed by atoms with E-state index in [4.69, 9.17) is 4.42 Å². The number of benzene rings is 1. The Balaban J connectivity index is 1.69. The van der Waals surface area contributed by atoms with Crippen molar-refractivity contribution < 1.29 is 17.6 Å². The molecule has 0 N–H and O–H groups in total. The SMILES string of the molecule is Cn1c(=O)oc2ccc(CC(=O)N3CCN(S(C)(=O)=O)CC3)cc21. The predicted molar refractivity (Wildman–Crippen MR) is 88.2 cm³/mol. The van der Waals surface area contributed by atoms with E-state index in [-0.39, 0.29) is 12.3 Å². The van der Waals surface area contributed by atoms with Gasteiger partial charge in [0.05, 0.1) is 18.2 Å². The number of aromatic nitrogens is 1. The van der Waals surface area contributed by atoms with Gasteiger partial charge in [0.25, 0.3) is 0 Å². The quantitative estimate of drug-likeness (QED) is 0.760. The highest BCUT2D eigenvalue weighted by atomic mass is 32.2. The Morgan fingerprint density at radius 2 is 1.88 bits per heavy atom. The summed E-state index contributed by atoms with van der Waals surface area (Å²) in [4.78, 5) is 25.6. The van der Waals surface area contributed by atoms with Crippen molar-refractivity contribution in [1.29, 1.82) is 0 Å². The van der Waals surface area contributed by atoms with E-state index in [2.05, 4.69) is 0 Å². The maximum atomic E-state index is 12.4. The lowest BCUT2D eigenvalue weighted by molar-refractivity contribution is -0.131. The summed E-state index contributed by atoms with van der Waals surface area (Å²) in [6, 6.07) is 5.21. The molecule has 1 aromatic carbocycles. The van der Waals surface area contributed by atoms with Gasteiger partial charge < -0.3 is 9.32 Å². The number of aryl methyl sites for hydroxylation is 1. The molecule has 1 amide bonds. The molecule has 1 saturated heterocycles. The molecule has 1 fully saturated rings. The van der Waals surface area contributed by atoms with Crippen molar-refractivity contribution in [3.8, 4) is 0 Å². The summed E-state index contributed by atoms with van der Waals surface area (Å²) in [5, 5.41) is 0. The molecule has 3 rings (SSSR count). The number of sulfonamides is 1. The highest BCUT2D eigenvalue weighted by Crippen LogP contribution is 2.16. The number of hydrogen-bond acceptors (Lipinski definition) is 5. The number of piperazine rings is 1. The molecule has 1 aliphatic rings. The Hall–Kier alpha value is -2.13. The van der Waals surface area contributed by atoms with Crippen LogP contribution in [0.3, 0.4) is 0 Å². The van der Waals surface area contributed by atoms with E-state index in [0.717, 1.165) is 5.56 Å². The summed E-state index contributed by atoms with van der Waals surface area (Å²) in [5.41, 5.74) is 1.92. The standard InChI is InChI=1S/C15H19N3O5S/c1-16-12-9-11(3-4-13(12)23-15(16)20)10-14(19)17-5-7-18(8-6-17)24(2,21)22/h3-4,9H,5-8,10H2,1-2H3. The van der Waals surface area contributed by atoms with E-state index in [1.165, 1.54) is 15.1 Å². The lowest BCUT2D eigenvalue weighted by atomic mass is 10.1. The molecule has 0 saturated carbocycles. The number of oxazole rings is 1. The van der Waals surface area contributed by atoms with Crippen LogP contribution in [0.4, 0.5) is 0 Å². The van der Waals surface area contributed by atoms with Crippen LogP contribution in [-0.4, -0.2) is 60.5 Å². The number of carbonyl (C=O) groups excluding carboxylic acids is 1. The fourth-order valence-corrected chi connectivity index (χ4v) is 3.66. The van der Waals surface area contributed by atoms with Gasteiger partial charge in [-0.25, -0.2) is 13.2 Å². The molecule has 0 spiro atoms. The zero-order valence-electron chi connectivity index (χ0n) is 13.6. The third kappa shape index (κ3) is 3.22. The van der Waals surface area contributed by atoms with Crippen LogP contribution in [0.5, 0.6) is 0 Å². The normalized spacial score (nSPS) is 16.7. The van der Waals surface area contributed by atoms with Crippen molar-refractivity contribution in [3.63, 3.8) is 0 Å². The molecule has 1 aliphatic heterocycles. The molecule has 0 aliphatic carbocycles. The minimum absolute atomic E-state index is 0.0593. The smallest absolute Gasteiger partial charge is 0.408 e. The van der Waals surface area contributed by atoms with E-state index in [1.54, 1.807) is 30.1 Å². The molecule has 0 radical (unpaired) electrons. The average Bonchev–Trinajstić information content (AvgIpc) is 2.81. The van der Waals surface area contributed by atoms with Crippen LogP contribution in [0.25, 0.3) is 11.1 Å². The highest BCUT2D eigenvalue weighted by Gasteiger charge is 2.26. The van der Waals surface area contributed by atoms with Crippen LogP contribution < -0.4 is 5.76 Å². The summed E-state index contributed by atoms with van der Waals surface area (Å²) in [7, 11) is -1.59. The predicted octanol–water partition coefficient (Wildman–Crippen LogP) is -0.222. The summed E-state index contributed by atoms with van der Waals surface area (Å²) in [6.07, 6.45) is 1.38. The summed E-state index contributed by atoms with van der Waals surface area (Å²) < 4.78 is 30.8. The fraction of sp³-hybridized carbons (Fsp3) is 0.467. The second-order valence-corrected chi connectivity index (χ2v) is 7.93. The van der Waals surface area contributed by atoms with Gasteiger partial charge in [0.1, 0.15) is 0 Å². The maximum Gasteiger partial charge on any atom is 0.419 e. The van der Waals surface area contributed by atoms with E-state index in [0.29, 0.717) is 37.3 Å². The van der Waals surface area contributed by atoms with E-state index < -0.39 is 15.8 Å². The first kappa shape index (κ1) is 16.7. The Kier molecular flexibility index (Phi) is 4.22. The lowest BCUT2D eigenvalue weighted by Crippen LogP contribution is -2.50. The van der Waals surface area contributed by atoms with Crippen molar-refractivity contribution in [2.24, 2.45) is 7.05 Å². The Morgan fingerprint density at radius 3 is 2.50 bits per heavy atom. The van der Waals surface area contributed by atoms with Crippen LogP contribution in [0.2, 0.25) is 0 Å². The monoisotopic (exact) mass is 353 g/mol. The molecule has 24 heavy (non-hydrogen) atoms. The number of nitrogens with zero attached hydrogens (tertiary/aromatic N) is 3. The van der Waals surface area contributed by atoms with Gasteiger partial charge in [-0.2, -0.15) is 4.31 Å². The van der Waals surface area contributed by atoms with Crippen molar-refractivity contribution in [1.82, 2.24) is 13.8 Å². The lowest BCUT2D eigenvalue weighted by Gasteiger charge is -2.33. The molecule has 0 unspecified atom stereocenters. The second-order valence-electron chi connectivity index (χ2n) is 5.95. The summed E-state index contributed by atoms with van der Waals surface area (Å²) in [5.74, 6) is -0.499. The third-order valence-electron chi connectivity index (χ3n) is 4.27. The number of fused-ring (bicyclic) bond motifs is 1. The van der Waals surface area contributed by atoms with Gasteiger partial charge in [0.15, 0.2) is 5.58 Å². The van der Waals surface area contributed by atoms with Crippen molar-refractivity contribution in [2.45, 2.75) is 6.42 Å². The van der Waals surface area contributed by atoms with Gasteiger partial charge in [-0.05, 0) is 17.7 Å². The highest BCUT2D eigenvalue weighted by molar-refractivity contribution is 7.88. The van der Waals surface area contributed by atoms with Crippen molar-refractivity contribution in [2.75, 3.05) is 32.4 Å². The van der Waals surface area contributed by atoms with Crippen LogP contribution in [0.15, 0.2) is 27.4 Å². The molecular formula is C15H19N3O5S. The first-order valence-electron chi connectivity index (χ1n) is 7.57. The van der Waals surface area contributed by atoms with E-state index in [9.17, 15) is 18.0 Å². The topological polar surface area (TPSA) is 92.8 Å². The third-order valence-corrected chi connectivity index (χ3v) is 5.57. The number of carbonyl (C=O) groups is 1. The zero-order valence-corrected chi connectivity index (χ0v) is 14.4. The van der Waals surface area contributed by atoms with Gasteiger partial charge in [0, 0.05) is 33.2 Å². The molecule has 2 aromatic rings. The Morgan fingerprint density at radius 1 is 1.21 bits per heavy atom. The largest absolute Gasteiger partial charge is 0.419 e. The first-order valence-corrected chi connectivity index (χ1v) is 9.42. The molecular weight excluding hydrogens is 334 g/mol. The van der Waals surface area contributed by atoms with Crippen molar-refractivity contribution in [3.05, 3.63) is 34.3 Å². The summed E-state index contributed by atoms with van der Waals surface area (Å²) in [6.45, 7) is 1.41. The van der Waals surface area contributed by atoms with Gasteiger partial charge in [0.2, 0.25) is 15.9 Å². The zero-order chi connectivity index (χ0) is 17.5. The summed E-state index contributed by atoms with van der Waals surface area (Å²) >= 11 is 0. The molecule has 1 aromatic heterocycles. The molecule has 8 nitrogen and oxygen atoms in total. The first-order chi connectivity index (χ1) is 11.3. The van der Waals surface area contributed by atoms with Crippen LogP contribution in [-0.2, 0) is 28.3 Å². The fourth-order valence-electron chi connectivity index (χ4n) is 2.84. The van der Waals surface area contributed by atoms with E-state index in [1.807, 2.05) is 0 Å². The van der Waals surface area contributed by atoms with Gasteiger partial charge in [-0.15, -0.1) is 0 Å². The van der Waals surface area contributed by atoms with Gasteiger partial charge >= 0.3 is 5.76 Å². The molecule has 0 atom stereocenters. The van der Waals surface area contributed by atoms with Crippen LogP contribution >= 0.6 is 0 Å². The van der Waals surface area contributed by atoms with Gasteiger partial charge in [-0.3, -0.25) is 9.36 Å². The molecule has 0 bridgehead atoms. The average molecular weight is 353 g/mol. The van der Waals surface area contributed by atoms with Crippen LogP contribution in [0, 0.1) is 0 Å². The van der Waals surface area contributed by atoms with Crippen LogP contribution in [0.1, 0.15) is 5.56 Å². The number of rotatable bonds is 3. The van der Waals surface area contributed by atoms with Gasteiger partial charge in [-0.1, -0.05) is 6.07 Å². The Bertz CT molecular complexity index is 936. The molecule has 130 valence electrons.